The molecule has 0 aliphatic carbocycles. The average molecular weight is 1260 g/mol. The van der Waals surface area contributed by atoms with Gasteiger partial charge >= 0.3 is 330 Å². The molecule has 0 atom stereocenters. The molecule has 15 aromatic rings. The quantitative estimate of drug-likeness (QED) is 0.142. The van der Waals surface area contributed by atoms with E-state index in [2.05, 4.69) is 226 Å². The number of imidazole rings is 1. The molecule has 0 radical (unpaired) electrons. The number of fused-ring (bicyclic) bond motifs is 10. The van der Waals surface area contributed by atoms with Gasteiger partial charge in [-0.05, 0) is 35.0 Å². The third-order valence-corrected chi connectivity index (χ3v) is 17.6. The van der Waals surface area contributed by atoms with E-state index in [0.717, 1.165) is 108 Å². The minimum absolute atomic E-state index is 0.00868. The Labute approximate surface area is 502 Å². The first-order valence-electron chi connectivity index (χ1n) is 31.0. The molecule has 0 saturated carbocycles. The number of pyridine rings is 1. The maximum absolute atomic E-state index is 8.99. The molecule has 0 unspecified atom stereocenters. The van der Waals surface area contributed by atoms with E-state index in [1.807, 2.05) is 53.1 Å². The predicted octanol–water partition coefficient (Wildman–Crippen LogP) is 19.7. The van der Waals surface area contributed by atoms with Gasteiger partial charge in [0.25, 0.3) is 0 Å². The summed E-state index contributed by atoms with van der Waals surface area (Å²) in [7, 11) is 0. The molecule has 7 heteroatoms. The number of rotatable bonds is 8. The third kappa shape index (κ3) is 8.16. The van der Waals surface area contributed by atoms with Crippen molar-refractivity contribution in [2.75, 3.05) is 0 Å². The molecule has 10 aromatic carbocycles. The van der Waals surface area contributed by atoms with E-state index >= 15 is 0 Å². The first-order chi connectivity index (χ1) is 42.6. The number of hydrogen-bond acceptors (Lipinski definition) is 2. The van der Waals surface area contributed by atoms with E-state index in [0.29, 0.717) is 22.6 Å². The molecule has 0 aliphatic heterocycles. The van der Waals surface area contributed by atoms with Gasteiger partial charge in [0.1, 0.15) is 0 Å². The van der Waals surface area contributed by atoms with Crippen LogP contribution in [0.4, 0.5) is 0 Å². The number of aryl methyl sites for hydroxylation is 2. The van der Waals surface area contributed by atoms with Crippen molar-refractivity contribution in [2.24, 2.45) is 0 Å². The molecule has 0 aliphatic rings. The van der Waals surface area contributed by atoms with Crippen molar-refractivity contribution in [1.29, 1.82) is 0 Å². The van der Waals surface area contributed by atoms with Gasteiger partial charge in [-0.2, -0.15) is 0 Å². The third-order valence-electron chi connectivity index (χ3n) is 16.6. The molecule has 83 heavy (non-hydrogen) atoms. The summed E-state index contributed by atoms with van der Waals surface area (Å²) in [6.07, 6.45) is 1.67. The van der Waals surface area contributed by atoms with Crippen LogP contribution < -0.4 is 4.74 Å². The molecular weight excluding hydrogens is 1190 g/mol. The van der Waals surface area contributed by atoms with Crippen molar-refractivity contribution < 1.29 is 32.3 Å². The van der Waals surface area contributed by atoms with Gasteiger partial charge in [0.15, 0.2) is 0 Å². The molecule has 406 valence electrons. The van der Waals surface area contributed by atoms with Gasteiger partial charge in [0, 0.05) is 37.4 Å². The van der Waals surface area contributed by atoms with Crippen molar-refractivity contribution in [3.8, 4) is 62.1 Å². The summed E-state index contributed by atoms with van der Waals surface area (Å²) in [6.45, 7) is 8.07. The Morgan fingerprint density at radius 2 is 1.06 bits per heavy atom. The zero-order chi connectivity index (χ0) is 61.6. The van der Waals surface area contributed by atoms with Gasteiger partial charge in [-0.25, -0.2) is 0 Å². The van der Waals surface area contributed by atoms with Gasteiger partial charge in [0.05, 0.1) is 16.6 Å². The van der Waals surface area contributed by atoms with Crippen LogP contribution in [-0.2, 0) is 30.2 Å². The molecule has 0 amide bonds. The Balaban J connectivity index is 0.939. The number of hydrogen-bond donors (Lipinski definition) is 0. The molecule has 0 bridgehead atoms. The molecule has 15 rings (SSSR count). The first kappa shape index (κ1) is 44.5. The molecule has 0 spiro atoms. The SMILES string of the molecule is [2H]C([2H])([2H])c1ccc(-n2[c](=[Pt])n(-c3c(-c4ccccc4)cc(C(C)(C)C)cc3-c3ccccc3)c3ccccc32)[c-]c1Oc1[c-]c2c(cc1)c1cc3c4cccc5c6ccccc6n(c3cc1n2-c1cc(C([2H])([2H])[2H])c(-c2ccc(C(C)(C)C)cc2)cn1)c54. The fraction of sp³-hybridized carbons (Fsp3) is 0.132. The summed E-state index contributed by atoms with van der Waals surface area (Å²) >= 11 is 2.39. The van der Waals surface area contributed by atoms with Crippen LogP contribution in [0, 0.1) is 29.6 Å². The summed E-state index contributed by atoms with van der Waals surface area (Å²) in [6, 6.07) is 77.2. The standard InChI is InChI=1S/C76H59N5O.Pt/c1-47-30-35-54(78-46-79(67-29-18-17-28-66(67)78)73-60(49-20-11-9-12-21-49)39-53(76(6,7)8)40-61(73)50-22-13-10-14-23-50)41-71(47)82-55-36-37-57-62-43-63-59-26-19-25-58-56-24-15-16-27-65(56)81(74(58)59)70(63)44-69(62)80(68(57)42-55)72-38-48(2)64(45-77-72)51-31-33-52(34-32-51)75(3,4)5;/h9-40,43-45H,1-8H3;/q-2;/i1D3,2D3;. The minimum Gasteiger partial charge on any atom is -0.0579 e. The molecule has 5 aromatic heterocycles. The van der Waals surface area contributed by atoms with Crippen LogP contribution in [0.1, 0.15) is 72.0 Å². The Kier molecular flexibility index (Phi) is 10.2. The zero-order valence-electron chi connectivity index (χ0n) is 52.7. The van der Waals surface area contributed by atoms with Gasteiger partial charge in [0.2, 0.25) is 0 Å². The second-order valence-electron chi connectivity index (χ2n) is 23.8. The van der Waals surface area contributed by atoms with Gasteiger partial charge < -0.3 is 4.40 Å². The van der Waals surface area contributed by atoms with E-state index in [1.165, 1.54) is 5.56 Å². The van der Waals surface area contributed by atoms with E-state index in [9.17, 15) is 0 Å². The second-order valence-corrected chi connectivity index (χ2v) is 24.8. The smallest absolute Gasteiger partial charge is 0.0579 e. The van der Waals surface area contributed by atoms with Crippen LogP contribution >= 0.6 is 0 Å². The molecule has 0 saturated heterocycles. The number of benzene rings is 10. The number of nitrogens with zero attached hydrogens (tertiary/aromatic N) is 5. The van der Waals surface area contributed by atoms with Crippen molar-refractivity contribution in [1.82, 2.24) is 23.1 Å². The first-order valence-corrected chi connectivity index (χ1v) is 29.2. The molecular formula is C76H59N5OPt-2. The Hall–Kier alpha value is -9.09. The van der Waals surface area contributed by atoms with E-state index < -0.39 is 13.7 Å². The summed E-state index contributed by atoms with van der Waals surface area (Å²) in [5.41, 5.74) is 15.6. The van der Waals surface area contributed by atoms with Crippen molar-refractivity contribution in [3.63, 3.8) is 0 Å². The van der Waals surface area contributed by atoms with Crippen molar-refractivity contribution in [3.05, 3.63) is 251 Å². The van der Waals surface area contributed by atoms with Crippen LogP contribution in [0.5, 0.6) is 11.5 Å². The fourth-order valence-electron chi connectivity index (χ4n) is 12.4. The number of para-hydroxylation sites is 4. The van der Waals surface area contributed by atoms with Gasteiger partial charge in [-0.1, -0.05) is 81.4 Å². The molecule has 6 nitrogen and oxygen atoms in total. The normalized spacial score (nSPS) is 13.8. The predicted molar refractivity (Wildman–Crippen MR) is 340 cm³/mol. The summed E-state index contributed by atoms with van der Waals surface area (Å²) in [5.74, 6) is 0.606. The maximum atomic E-state index is 8.99. The minimum atomic E-state index is -2.60. The Morgan fingerprint density at radius 1 is 0.458 bits per heavy atom. The van der Waals surface area contributed by atoms with Gasteiger partial charge in [-0.15, -0.1) is 0 Å². The average Bonchev–Trinajstić information content (AvgIpc) is 1.58. The summed E-state index contributed by atoms with van der Waals surface area (Å²) in [4.78, 5) is 5.14. The fourth-order valence-corrected chi connectivity index (χ4v) is 13.5. The second kappa shape index (κ2) is 19.0. The molecule has 0 N–H and O–H groups in total. The number of ether oxygens (including phenoxy) is 1. The Morgan fingerprint density at radius 3 is 1.73 bits per heavy atom. The molecule has 5 heterocycles. The van der Waals surface area contributed by atoms with Crippen LogP contribution in [0.15, 0.2) is 212 Å². The van der Waals surface area contributed by atoms with E-state index in [1.54, 1.807) is 24.4 Å². The van der Waals surface area contributed by atoms with E-state index in [-0.39, 0.29) is 33.5 Å². The van der Waals surface area contributed by atoms with Crippen LogP contribution in [0.2, 0.25) is 0 Å². The van der Waals surface area contributed by atoms with Gasteiger partial charge in [-0.3, -0.25) is 0 Å². The topological polar surface area (TPSA) is 41.3 Å². The van der Waals surface area contributed by atoms with Crippen molar-refractivity contribution >= 4 is 70.9 Å². The van der Waals surface area contributed by atoms with Crippen LogP contribution in [0.25, 0.3) is 122 Å². The molecule has 0 fully saturated rings. The Bertz CT molecular complexity index is 5350. The van der Waals surface area contributed by atoms with Crippen LogP contribution in [-0.4, -0.2) is 23.1 Å². The number of aromatic nitrogens is 5. The monoisotopic (exact) mass is 1260 g/mol. The van der Waals surface area contributed by atoms with Crippen LogP contribution in [0.3, 0.4) is 0 Å². The summed E-state index contributed by atoms with van der Waals surface area (Å²) < 4.78 is 70.1. The van der Waals surface area contributed by atoms with Crippen molar-refractivity contribution in [2.45, 2.75) is 66.1 Å². The van der Waals surface area contributed by atoms with E-state index in [4.69, 9.17) is 17.9 Å². The zero-order valence-corrected chi connectivity index (χ0v) is 48.9. The summed E-state index contributed by atoms with van der Waals surface area (Å²) in [5, 5.41) is 6.19.